The quantitative estimate of drug-likeness (QED) is 0.789. The molecular formula is C18H21N3O3. The Labute approximate surface area is 141 Å². The van der Waals surface area contributed by atoms with Crippen LogP contribution in [0.15, 0.2) is 48.9 Å². The fourth-order valence-corrected chi connectivity index (χ4v) is 2.27. The van der Waals surface area contributed by atoms with Gasteiger partial charge in [-0.25, -0.2) is 9.78 Å². The molecule has 1 N–H and O–H groups in total. The first-order chi connectivity index (χ1) is 11.6. The highest BCUT2D eigenvalue weighted by Crippen LogP contribution is 2.18. The summed E-state index contributed by atoms with van der Waals surface area (Å²) in [7, 11) is 0. The topological polar surface area (TPSA) is 81.2 Å². The van der Waals surface area contributed by atoms with Gasteiger partial charge in [0.05, 0.1) is 6.20 Å². The van der Waals surface area contributed by atoms with Gasteiger partial charge in [0, 0.05) is 24.9 Å². The average molecular weight is 327 g/mol. The number of benzene rings is 1. The molecule has 126 valence electrons. The van der Waals surface area contributed by atoms with Crippen molar-refractivity contribution in [2.45, 2.75) is 32.3 Å². The van der Waals surface area contributed by atoms with Gasteiger partial charge in [-0.05, 0) is 18.9 Å². The molecule has 1 aromatic heterocycles. The van der Waals surface area contributed by atoms with Crippen molar-refractivity contribution in [2.24, 2.45) is 0 Å². The smallest absolute Gasteiger partial charge is 0.359 e. The number of nitrogens with one attached hydrogen (secondary N) is 1. The molecule has 2 aromatic rings. The van der Waals surface area contributed by atoms with Crippen molar-refractivity contribution in [3.8, 4) is 0 Å². The first-order valence-electron chi connectivity index (χ1n) is 7.91. The van der Waals surface area contributed by atoms with E-state index in [1.54, 1.807) is 0 Å². The normalized spacial score (nSPS) is 12.9. The van der Waals surface area contributed by atoms with Crippen LogP contribution in [0.1, 0.15) is 42.2 Å². The van der Waals surface area contributed by atoms with Crippen LogP contribution in [0, 0.1) is 0 Å². The van der Waals surface area contributed by atoms with Crippen molar-refractivity contribution in [1.29, 1.82) is 0 Å². The number of ether oxygens (including phenoxy) is 1. The average Bonchev–Trinajstić information content (AvgIpc) is 2.63. The molecule has 2 atom stereocenters. The zero-order valence-corrected chi connectivity index (χ0v) is 13.8. The van der Waals surface area contributed by atoms with Gasteiger partial charge in [0.1, 0.15) is 0 Å². The summed E-state index contributed by atoms with van der Waals surface area (Å²) in [5, 5.41) is 2.84. The monoisotopic (exact) mass is 327 g/mol. The van der Waals surface area contributed by atoms with Gasteiger partial charge < -0.3 is 10.1 Å². The van der Waals surface area contributed by atoms with Gasteiger partial charge >= 0.3 is 5.97 Å². The van der Waals surface area contributed by atoms with E-state index >= 15 is 0 Å². The van der Waals surface area contributed by atoms with Gasteiger partial charge in [-0.3, -0.25) is 9.78 Å². The molecule has 0 saturated heterocycles. The van der Waals surface area contributed by atoms with E-state index in [0.717, 1.165) is 6.42 Å². The third-order valence-electron chi connectivity index (χ3n) is 3.71. The fraction of sp³-hybridized carbons (Fsp3) is 0.333. The number of carbonyl (C=O) groups is 2. The number of esters is 1. The van der Waals surface area contributed by atoms with Gasteiger partial charge in [0.15, 0.2) is 11.8 Å². The van der Waals surface area contributed by atoms with Crippen LogP contribution in [0.5, 0.6) is 0 Å². The minimum atomic E-state index is -0.896. The lowest BCUT2D eigenvalue weighted by molar-refractivity contribution is -0.129. The standard InChI is InChI=1S/C18H21N3O3/c1-3-14(15-7-5-4-6-8-15)11-21-17(22)13(2)24-18(23)16-12-19-9-10-20-16/h4-10,12-14H,3,11H2,1-2H3,(H,21,22)/t13-,14-/m0/s1. The lowest BCUT2D eigenvalue weighted by Gasteiger charge is -2.18. The Morgan fingerprint density at radius 2 is 1.96 bits per heavy atom. The SMILES string of the molecule is CC[C@@H](CNC(=O)[C@H](C)OC(=O)c1cnccn1)c1ccccc1. The molecular weight excluding hydrogens is 306 g/mol. The van der Waals surface area contributed by atoms with E-state index in [-0.39, 0.29) is 17.5 Å². The maximum Gasteiger partial charge on any atom is 0.359 e. The molecule has 0 aliphatic carbocycles. The highest BCUT2D eigenvalue weighted by atomic mass is 16.5. The van der Waals surface area contributed by atoms with E-state index < -0.39 is 12.1 Å². The van der Waals surface area contributed by atoms with Gasteiger partial charge in [-0.2, -0.15) is 0 Å². The number of nitrogens with zero attached hydrogens (tertiary/aromatic N) is 2. The van der Waals surface area contributed by atoms with E-state index in [4.69, 9.17) is 4.74 Å². The second-order valence-electron chi connectivity index (χ2n) is 5.40. The van der Waals surface area contributed by atoms with Gasteiger partial charge in [-0.1, -0.05) is 37.3 Å². The second-order valence-corrected chi connectivity index (χ2v) is 5.40. The summed E-state index contributed by atoms with van der Waals surface area (Å²) in [6.07, 6.45) is 4.16. The molecule has 24 heavy (non-hydrogen) atoms. The van der Waals surface area contributed by atoms with Crippen molar-refractivity contribution < 1.29 is 14.3 Å². The van der Waals surface area contributed by atoms with Crippen LogP contribution in [-0.4, -0.2) is 34.5 Å². The molecule has 1 aromatic carbocycles. The number of hydrogen-bond donors (Lipinski definition) is 1. The van der Waals surface area contributed by atoms with Crippen molar-refractivity contribution in [2.75, 3.05) is 6.54 Å². The molecule has 0 spiro atoms. The summed E-state index contributed by atoms with van der Waals surface area (Å²) in [4.78, 5) is 31.7. The van der Waals surface area contributed by atoms with Crippen LogP contribution in [0.25, 0.3) is 0 Å². The Morgan fingerprint density at radius 1 is 1.21 bits per heavy atom. The van der Waals surface area contributed by atoms with Gasteiger partial charge in [0.2, 0.25) is 0 Å². The molecule has 0 aliphatic rings. The van der Waals surface area contributed by atoms with E-state index in [2.05, 4.69) is 22.2 Å². The molecule has 0 radical (unpaired) electrons. The number of hydrogen-bond acceptors (Lipinski definition) is 5. The summed E-state index contributed by atoms with van der Waals surface area (Å²) < 4.78 is 5.12. The molecule has 0 aliphatic heterocycles. The first-order valence-corrected chi connectivity index (χ1v) is 7.91. The molecule has 0 saturated carbocycles. The number of carbonyl (C=O) groups excluding carboxylic acids is 2. The van der Waals surface area contributed by atoms with Crippen LogP contribution in [0.4, 0.5) is 0 Å². The number of aromatic nitrogens is 2. The van der Waals surface area contributed by atoms with Crippen LogP contribution in [0.2, 0.25) is 0 Å². The molecule has 0 unspecified atom stereocenters. The summed E-state index contributed by atoms with van der Waals surface area (Å²) in [5.41, 5.74) is 1.25. The minimum Gasteiger partial charge on any atom is -0.448 e. The molecule has 0 bridgehead atoms. The zero-order chi connectivity index (χ0) is 17.4. The molecule has 2 rings (SSSR count). The molecule has 1 heterocycles. The van der Waals surface area contributed by atoms with Crippen molar-refractivity contribution in [1.82, 2.24) is 15.3 Å². The van der Waals surface area contributed by atoms with E-state index in [0.29, 0.717) is 6.54 Å². The molecule has 0 fully saturated rings. The maximum absolute atomic E-state index is 12.1. The summed E-state index contributed by atoms with van der Waals surface area (Å²) in [6, 6.07) is 9.99. The predicted octanol–water partition coefficient (Wildman–Crippen LogP) is 2.33. The lowest BCUT2D eigenvalue weighted by Crippen LogP contribution is -2.38. The largest absolute Gasteiger partial charge is 0.448 e. The second kappa shape index (κ2) is 8.76. The molecule has 6 nitrogen and oxygen atoms in total. The van der Waals surface area contributed by atoms with Crippen LogP contribution in [0.3, 0.4) is 0 Å². The van der Waals surface area contributed by atoms with Crippen molar-refractivity contribution in [3.63, 3.8) is 0 Å². The Hall–Kier alpha value is -2.76. The van der Waals surface area contributed by atoms with E-state index in [1.807, 2.05) is 30.3 Å². The fourth-order valence-electron chi connectivity index (χ4n) is 2.27. The Morgan fingerprint density at radius 3 is 2.58 bits per heavy atom. The first kappa shape index (κ1) is 17.6. The highest BCUT2D eigenvalue weighted by molar-refractivity contribution is 5.90. The predicted molar refractivity (Wildman–Crippen MR) is 89.4 cm³/mol. The number of rotatable bonds is 7. The lowest BCUT2D eigenvalue weighted by atomic mass is 9.96. The number of amides is 1. The van der Waals surface area contributed by atoms with Crippen LogP contribution >= 0.6 is 0 Å². The Kier molecular flexibility index (Phi) is 6.42. The molecule has 1 amide bonds. The van der Waals surface area contributed by atoms with Crippen LogP contribution < -0.4 is 5.32 Å². The summed E-state index contributed by atoms with van der Waals surface area (Å²) >= 11 is 0. The molecule has 6 heteroatoms. The van der Waals surface area contributed by atoms with Crippen molar-refractivity contribution in [3.05, 3.63) is 60.2 Å². The minimum absolute atomic E-state index is 0.0767. The Bertz CT molecular complexity index is 662. The third-order valence-corrected chi connectivity index (χ3v) is 3.71. The zero-order valence-electron chi connectivity index (χ0n) is 13.8. The summed E-state index contributed by atoms with van der Waals surface area (Å²) in [6.45, 7) is 4.10. The van der Waals surface area contributed by atoms with Crippen LogP contribution in [-0.2, 0) is 9.53 Å². The third kappa shape index (κ3) is 4.87. The summed E-state index contributed by atoms with van der Waals surface area (Å²) in [5.74, 6) is -0.777. The van der Waals surface area contributed by atoms with E-state index in [9.17, 15) is 9.59 Å². The Balaban J connectivity index is 1.86. The highest BCUT2D eigenvalue weighted by Gasteiger charge is 2.20. The van der Waals surface area contributed by atoms with Gasteiger partial charge in [0.25, 0.3) is 5.91 Å². The van der Waals surface area contributed by atoms with Gasteiger partial charge in [-0.15, -0.1) is 0 Å². The maximum atomic E-state index is 12.1. The van der Waals surface area contributed by atoms with E-state index in [1.165, 1.54) is 31.1 Å². The van der Waals surface area contributed by atoms with Crippen molar-refractivity contribution >= 4 is 11.9 Å².